The van der Waals surface area contributed by atoms with Crippen molar-refractivity contribution in [3.05, 3.63) is 58.1 Å². The van der Waals surface area contributed by atoms with Gasteiger partial charge in [0.25, 0.3) is 0 Å². The summed E-state index contributed by atoms with van der Waals surface area (Å²) in [4.78, 5) is 0. The Morgan fingerprint density at radius 3 is 2.07 bits per heavy atom. The van der Waals surface area contributed by atoms with Gasteiger partial charge in [0, 0.05) is 17.2 Å². The van der Waals surface area contributed by atoms with E-state index in [1.165, 1.54) is 34.2 Å². The Bertz CT molecular complexity index is 1000. The van der Waals surface area contributed by atoms with E-state index in [1.54, 1.807) is 11.1 Å². The van der Waals surface area contributed by atoms with Gasteiger partial charge in [0.1, 0.15) is 0 Å². The van der Waals surface area contributed by atoms with E-state index >= 15 is 0 Å². The topological polar surface area (TPSA) is 18.5 Å². The first-order valence-electron chi connectivity index (χ1n) is 11.2. The van der Waals surface area contributed by atoms with Crippen LogP contribution in [0.4, 0.5) is 0 Å². The summed E-state index contributed by atoms with van der Waals surface area (Å²) in [6.45, 7) is 17.8. The molecule has 0 bridgehead atoms. The molecule has 1 aliphatic heterocycles. The Hall–Kier alpha value is -1.58. The monoisotopic (exact) mass is 388 g/mol. The lowest BCUT2D eigenvalue weighted by atomic mass is 9.68. The number of fused-ring (bicyclic) bond motifs is 4. The van der Waals surface area contributed by atoms with Crippen molar-refractivity contribution < 1.29 is 9.31 Å². The third-order valence-corrected chi connectivity index (χ3v) is 8.18. The van der Waals surface area contributed by atoms with Gasteiger partial charge in [-0.3, -0.25) is 0 Å². The van der Waals surface area contributed by atoms with Crippen molar-refractivity contribution in [1.82, 2.24) is 0 Å². The molecule has 2 atom stereocenters. The minimum atomic E-state index is -0.294. The Labute approximate surface area is 176 Å². The van der Waals surface area contributed by atoms with Crippen LogP contribution in [0.1, 0.15) is 101 Å². The highest BCUT2D eigenvalue weighted by atomic mass is 16.7. The van der Waals surface area contributed by atoms with Gasteiger partial charge in [-0.2, -0.15) is 0 Å². The standard InChI is InChI=1S/C26H33BO2/c1-9-17-19-13-21-18-11-10-16(12-22(18)24(3,4)23(21)14-20(17)19)15(2)27-28-25(5,6)26(7,8)29-27/h10-15,17H,9H2,1-8H3. The zero-order chi connectivity index (χ0) is 20.9. The maximum Gasteiger partial charge on any atom is 0.465 e. The van der Waals surface area contributed by atoms with Crippen molar-refractivity contribution in [1.29, 1.82) is 0 Å². The fourth-order valence-electron chi connectivity index (χ4n) is 5.31. The molecule has 0 N–H and O–H groups in total. The van der Waals surface area contributed by atoms with Crippen molar-refractivity contribution in [2.75, 3.05) is 0 Å². The SMILES string of the molecule is CCC1c2cc3c(cc21)C(C)(C)c1cc(C(C)B2OC(C)(C)C(C)(C)O2)ccc1-3. The Kier molecular flexibility index (Phi) is 3.86. The van der Waals surface area contributed by atoms with E-state index in [9.17, 15) is 0 Å². The second-order valence-corrected chi connectivity index (χ2v) is 10.8. The van der Waals surface area contributed by atoms with E-state index in [1.807, 2.05) is 0 Å². The summed E-state index contributed by atoms with van der Waals surface area (Å²) in [5, 5.41) is 0. The Balaban J connectivity index is 1.51. The van der Waals surface area contributed by atoms with Crippen LogP contribution in [0.3, 0.4) is 0 Å². The molecule has 3 aliphatic rings. The molecule has 0 saturated carbocycles. The summed E-state index contributed by atoms with van der Waals surface area (Å²) in [6.07, 6.45) is 1.22. The molecule has 1 fully saturated rings. The predicted octanol–water partition coefficient (Wildman–Crippen LogP) is 6.58. The summed E-state index contributed by atoms with van der Waals surface area (Å²) < 4.78 is 12.7. The first-order chi connectivity index (χ1) is 13.5. The maximum atomic E-state index is 6.34. The predicted molar refractivity (Wildman–Crippen MR) is 121 cm³/mol. The molecule has 2 aromatic rings. The van der Waals surface area contributed by atoms with Crippen LogP contribution < -0.4 is 0 Å². The van der Waals surface area contributed by atoms with Gasteiger partial charge >= 0.3 is 7.12 Å². The van der Waals surface area contributed by atoms with Crippen molar-refractivity contribution in [3.63, 3.8) is 0 Å². The van der Waals surface area contributed by atoms with Crippen molar-refractivity contribution in [2.24, 2.45) is 0 Å². The molecule has 2 nitrogen and oxygen atoms in total. The smallest absolute Gasteiger partial charge is 0.403 e. The van der Waals surface area contributed by atoms with E-state index in [2.05, 4.69) is 85.7 Å². The van der Waals surface area contributed by atoms with Gasteiger partial charge in [0.2, 0.25) is 0 Å². The Morgan fingerprint density at radius 2 is 1.45 bits per heavy atom. The molecule has 5 rings (SSSR count). The zero-order valence-corrected chi connectivity index (χ0v) is 19.1. The molecule has 2 aliphatic carbocycles. The van der Waals surface area contributed by atoms with Crippen LogP contribution in [0.25, 0.3) is 11.1 Å². The van der Waals surface area contributed by atoms with Crippen LogP contribution in [0.15, 0.2) is 30.3 Å². The molecule has 1 heterocycles. The quantitative estimate of drug-likeness (QED) is 0.553. The van der Waals surface area contributed by atoms with Crippen LogP contribution in [0.2, 0.25) is 0 Å². The maximum absolute atomic E-state index is 6.34. The molecule has 2 aromatic carbocycles. The van der Waals surface area contributed by atoms with Gasteiger partial charge in [0.05, 0.1) is 11.2 Å². The van der Waals surface area contributed by atoms with Crippen molar-refractivity contribution >= 4 is 7.12 Å². The number of benzene rings is 2. The average molecular weight is 388 g/mol. The highest BCUT2D eigenvalue weighted by Gasteiger charge is 2.53. The van der Waals surface area contributed by atoms with Gasteiger partial charge in [-0.1, -0.05) is 52.0 Å². The lowest BCUT2D eigenvalue weighted by Crippen LogP contribution is -2.41. The molecule has 0 radical (unpaired) electrons. The molecule has 152 valence electrons. The fourth-order valence-corrected chi connectivity index (χ4v) is 5.31. The highest BCUT2D eigenvalue weighted by molar-refractivity contribution is 6.47. The molecular weight excluding hydrogens is 355 g/mol. The van der Waals surface area contributed by atoms with Gasteiger partial charge in [0.15, 0.2) is 0 Å². The lowest BCUT2D eigenvalue weighted by Gasteiger charge is -2.32. The Morgan fingerprint density at radius 1 is 0.862 bits per heavy atom. The molecule has 0 aromatic heterocycles. The van der Waals surface area contributed by atoms with Gasteiger partial charge in [-0.25, -0.2) is 0 Å². The number of hydrogen-bond acceptors (Lipinski definition) is 2. The van der Waals surface area contributed by atoms with Crippen LogP contribution in [0.5, 0.6) is 0 Å². The lowest BCUT2D eigenvalue weighted by molar-refractivity contribution is 0.00578. The number of hydrogen-bond donors (Lipinski definition) is 0. The van der Waals surface area contributed by atoms with Crippen LogP contribution in [0, 0.1) is 0 Å². The molecule has 0 spiro atoms. The largest absolute Gasteiger partial charge is 0.465 e. The molecule has 0 amide bonds. The summed E-state index contributed by atoms with van der Waals surface area (Å²) in [5.41, 5.74) is 9.64. The van der Waals surface area contributed by atoms with E-state index < -0.39 is 0 Å². The summed E-state index contributed by atoms with van der Waals surface area (Å²) in [5.74, 6) is 0.881. The normalized spacial score (nSPS) is 25.4. The first kappa shape index (κ1) is 19.4. The third kappa shape index (κ3) is 2.56. The number of rotatable bonds is 3. The highest BCUT2D eigenvalue weighted by Crippen LogP contribution is 2.56. The van der Waals surface area contributed by atoms with E-state index in [0.717, 1.165) is 0 Å². The minimum absolute atomic E-state index is 0.0340. The fraction of sp³-hybridized carbons (Fsp3) is 0.538. The second kappa shape index (κ2) is 5.77. The van der Waals surface area contributed by atoms with E-state index in [-0.39, 0.29) is 29.6 Å². The van der Waals surface area contributed by atoms with E-state index in [4.69, 9.17) is 9.31 Å². The third-order valence-electron chi connectivity index (χ3n) is 8.18. The van der Waals surface area contributed by atoms with Gasteiger partial charge in [-0.05, 0) is 79.1 Å². The molecular formula is C26H33BO2. The molecule has 29 heavy (non-hydrogen) atoms. The zero-order valence-electron chi connectivity index (χ0n) is 19.1. The molecule has 3 heteroatoms. The van der Waals surface area contributed by atoms with Gasteiger partial charge in [-0.15, -0.1) is 0 Å². The van der Waals surface area contributed by atoms with Crippen LogP contribution in [-0.2, 0) is 14.7 Å². The summed E-state index contributed by atoms with van der Waals surface area (Å²) >= 11 is 0. The molecule has 2 unspecified atom stereocenters. The van der Waals surface area contributed by atoms with Crippen LogP contribution in [-0.4, -0.2) is 18.3 Å². The second-order valence-electron chi connectivity index (χ2n) is 10.8. The summed E-state index contributed by atoms with van der Waals surface area (Å²) in [6, 6.07) is 12.0. The first-order valence-corrected chi connectivity index (χ1v) is 11.2. The van der Waals surface area contributed by atoms with Crippen LogP contribution >= 0.6 is 0 Å². The molecule has 1 saturated heterocycles. The van der Waals surface area contributed by atoms with Crippen molar-refractivity contribution in [3.8, 4) is 11.1 Å². The summed E-state index contributed by atoms with van der Waals surface area (Å²) in [7, 11) is -0.215. The average Bonchev–Trinajstić information content (AvgIpc) is 3.24. The van der Waals surface area contributed by atoms with Crippen molar-refractivity contribution in [2.45, 2.75) is 90.2 Å². The van der Waals surface area contributed by atoms with E-state index in [0.29, 0.717) is 5.92 Å². The minimum Gasteiger partial charge on any atom is -0.403 e. The van der Waals surface area contributed by atoms with Gasteiger partial charge < -0.3 is 9.31 Å².